The maximum atomic E-state index is 12.8. The SMILES string of the molecule is CCNC(=O)NC1CCN(C(=O)[C@H](CC)c2ccccc2)CC1. The van der Waals surface area contributed by atoms with E-state index in [1.807, 2.05) is 42.2 Å². The normalized spacial score (nSPS) is 16.7. The van der Waals surface area contributed by atoms with E-state index >= 15 is 0 Å². The smallest absolute Gasteiger partial charge is 0.314 e. The van der Waals surface area contributed by atoms with E-state index in [9.17, 15) is 9.59 Å². The molecule has 0 bridgehead atoms. The highest BCUT2D eigenvalue weighted by Crippen LogP contribution is 2.24. The van der Waals surface area contributed by atoms with Crippen molar-refractivity contribution in [2.45, 2.75) is 45.1 Å². The van der Waals surface area contributed by atoms with Crippen molar-refractivity contribution < 1.29 is 9.59 Å². The fourth-order valence-corrected chi connectivity index (χ4v) is 3.10. The zero-order valence-corrected chi connectivity index (χ0v) is 14.0. The van der Waals surface area contributed by atoms with Crippen LogP contribution in [0.5, 0.6) is 0 Å². The van der Waals surface area contributed by atoms with Gasteiger partial charge in [0.1, 0.15) is 0 Å². The molecule has 1 heterocycles. The molecule has 1 aliphatic rings. The van der Waals surface area contributed by atoms with Crippen molar-refractivity contribution in [3.63, 3.8) is 0 Å². The zero-order valence-electron chi connectivity index (χ0n) is 14.0. The molecule has 1 aliphatic heterocycles. The molecule has 0 spiro atoms. The number of carbonyl (C=O) groups is 2. The van der Waals surface area contributed by atoms with Crippen molar-refractivity contribution in [3.05, 3.63) is 35.9 Å². The van der Waals surface area contributed by atoms with Gasteiger partial charge in [-0.05, 0) is 31.7 Å². The molecule has 126 valence electrons. The van der Waals surface area contributed by atoms with Crippen LogP contribution in [0.4, 0.5) is 4.79 Å². The van der Waals surface area contributed by atoms with Crippen molar-refractivity contribution in [1.29, 1.82) is 0 Å². The summed E-state index contributed by atoms with van der Waals surface area (Å²) in [6, 6.07) is 10.0. The van der Waals surface area contributed by atoms with E-state index in [-0.39, 0.29) is 23.9 Å². The lowest BCUT2D eigenvalue weighted by molar-refractivity contribution is -0.134. The summed E-state index contributed by atoms with van der Waals surface area (Å²) in [6.07, 6.45) is 2.43. The van der Waals surface area contributed by atoms with Gasteiger partial charge < -0.3 is 15.5 Å². The van der Waals surface area contributed by atoms with E-state index in [1.54, 1.807) is 0 Å². The molecule has 1 fully saturated rings. The Morgan fingerprint density at radius 1 is 1.17 bits per heavy atom. The summed E-state index contributed by atoms with van der Waals surface area (Å²) in [5.74, 6) is 0.138. The van der Waals surface area contributed by atoms with Crippen LogP contribution in [0, 0.1) is 0 Å². The molecule has 23 heavy (non-hydrogen) atoms. The van der Waals surface area contributed by atoms with Crippen LogP contribution >= 0.6 is 0 Å². The number of nitrogens with one attached hydrogen (secondary N) is 2. The lowest BCUT2D eigenvalue weighted by Gasteiger charge is -2.34. The number of likely N-dealkylation sites (tertiary alicyclic amines) is 1. The summed E-state index contributed by atoms with van der Waals surface area (Å²) < 4.78 is 0. The van der Waals surface area contributed by atoms with Crippen molar-refractivity contribution in [2.75, 3.05) is 19.6 Å². The Labute approximate surface area is 138 Å². The average molecular weight is 317 g/mol. The van der Waals surface area contributed by atoms with Crippen LogP contribution in [-0.4, -0.2) is 42.5 Å². The lowest BCUT2D eigenvalue weighted by atomic mass is 9.93. The van der Waals surface area contributed by atoms with Crippen molar-refractivity contribution in [3.8, 4) is 0 Å². The number of benzene rings is 1. The van der Waals surface area contributed by atoms with Gasteiger partial charge in [0.2, 0.25) is 5.91 Å². The summed E-state index contributed by atoms with van der Waals surface area (Å²) in [4.78, 5) is 26.3. The third-order valence-corrected chi connectivity index (χ3v) is 4.39. The van der Waals surface area contributed by atoms with Crippen LogP contribution in [0.25, 0.3) is 0 Å². The molecule has 0 saturated carbocycles. The van der Waals surface area contributed by atoms with Crippen molar-refractivity contribution in [2.24, 2.45) is 0 Å². The fraction of sp³-hybridized carbons (Fsp3) is 0.556. The molecule has 1 aromatic carbocycles. The second-order valence-electron chi connectivity index (χ2n) is 5.97. The van der Waals surface area contributed by atoms with Crippen LogP contribution in [0.3, 0.4) is 0 Å². The summed E-state index contributed by atoms with van der Waals surface area (Å²) in [5, 5.41) is 5.71. The molecule has 1 saturated heterocycles. The van der Waals surface area contributed by atoms with Gasteiger partial charge in [0.15, 0.2) is 0 Å². The number of nitrogens with zero attached hydrogens (tertiary/aromatic N) is 1. The second kappa shape index (κ2) is 8.56. The van der Waals surface area contributed by atoms with E-state index in [0.717, 1.165) is 24.8 Å². The van der Waals surface area contributed by atoms with Gasteiger partial charge in [-0.2, -0.15) is 0 Å². The topological polar surface area (TPSA) is 61.4 Å². The maximum absolute atomic E-state index is 12.8. The number of piperidine rings is 1. The van der Waals surface area contributed by atoms with E-state index in [0.29, 0.717) is 19.6 Å². The number of carbonyl (C=O) groups excluding carboxylic acids is 2. The number of amides is 3. The van der Waals surface area contributed by atoms with Gasteiger partial charge in [-0.15, -0.1) is 0 Å². The largest absolute Gasteiger partial charge is 0.342 e. The van der Waals surface area contributed by atoms with Crippen LogP contribution in [0.1, 0.15) is 44.6 Å². The molecule has 0 unspecified atom stereocenters. The molecular formula is C18H27N3O2. The van der Waals surface area contributed by atoms with E-state index in [2.05, 4.69) is 17.6 Å². The highest BCUT2D eigenvalue weighted by Gasteiger charge is 2.28. The molecule has 0 radical (unpaired) electrons. The summed E-state index contributed by atoms with van der Waals surface area (Å²) in [6.45, 7) is 5.99. The van der Waals surface area contributed by atoms with Crippen molar-refractivity contribution in [1.82, 2.24) is 15.5 Å². The first-order valence-electron chi connectivity index (χ1n) is 8.53. The molecule has 5 nitrogen and oxygen atoms in total. The van der Waals surface area contributed by atoms with Crippen LogP contribution in [-0.2, 0) is 4.79 Å². The Morgan fingerprint density at radius 2 is 1.83 bits per heavy atom. The minimum atomic E-state index is -0.118. The van der Waals surface area contributed by atoms with Gasteiger partial charge in [-0.3, -0.25) is 4.79 Å². The Kier molecular flexibility index (Phi) is 6.44. The van der Waals surface area contributed by atoms with Gasteiger partial charge in [0.05, 0.1) is 5.92 Å². The predicted octanol–water partition coefficient (Wildman–Crippen LogP) is 2.49. The molecule has 1 aromatic rings. The Morgan fingerprint density at radius 3 is 2.39 bits per heavy atom. The van der Waals surface area contributed by atoms with Gasteiger partial charge in [0, 0.05) is 25.7 Å². The molecule has 0 aliphatic carbocycles. The Bertz CT molecular complexity index is 510. The number of hydrogen-bond donors (Lipinski definition) is 2. The number of hydrogen-bond acceptors (Lipinski definition) is 2. The zero-order chi connectivity index (χ0) is 16.7. The monoisotopic (exact) mass is 317 g/mol. The summed E-state index contributed by atoms with van der Waals surface area (Å²) >= 11 is 0. The quantitative estimate of drug-likeness (QED) is 0.876. The Hall–Kier alpha value is -2.04. The van der Waals surface area contributed by atoms with Crippen LogP contribution in [0.2, 0.25) is 0 Å². The highest BCUT2D eigenvalue weighted by atomic mass is 16.2. The first-order chi connectivity index (χ1) is 11.2. The minimum absolute atomic E-state index is 0.0656. The molecular weight excluding hydrogens is 290 g/mol. The Balaban J connectivity index is 1.89. The number of urea groups is 1. The first-order valence-corrected chi connectivity index (χ1v) is 8.53. The van der Waals surface area contributed by atoms with E-state index in [1.165, 1.54) is 0 Å². The molecule has 2 rings (SSSR count). The summed E-state index contributed by atoms with van der Waals surface area (Å²) in [7, 11) is 0. The maximum Gasteiger partial charge on any atom is 0.314 e. The predicted molar refractivity (Wildman–Crippen MR) is 91.3 cm³/mol. The van der Waals surface area contributed by atoms with Gasteiger partial charge in [-0.25, -0.2) is 4.79 Å². The third-order valence-electron chi connectivity index (χ3n) is 4.39. The summed E-state index contributed by atoms with van der Waals surface area (Å²) in [5.41, 5.74) is 1.09. The first kappa shape index (κ1) is 17.3. The molecule has 1 atom stereocenters. The molecule has 2 N–H and O–H groups in total. The van der Waals surface area contributed by atoms with Crippen LogP contribution < -0.4 is 10.6 Å². The standard InChI is InChI=1S/C18H27N3O2/c1-3-16(14-8-6-5-7-9-14)17(22)21-12-10-15(11-13-21)20-18(23)19-4-2/h5-9,15-16H,3-4,10-13H2,1-2H3,(H2,19,20,23)/t16-/m1/s1. The lowest BCUT2D eigenvalue weighted by Crippen LogP contribution is -2.49. The number of rotatable bonds is 5. The van der Waals surface area contributed by atoms with Gasteiger partial charge in [-0.1, -0.05) is 37.3 Å². The highest BCUT2D eigenvalue weighted by molar-refractivity contribution is 5.83. The van der Waals surface area contributed by atoms with Gasteiger partial charge >= 0.3 is 6.03 Å². The minimum Gasteiger partial charge on any atom is -0.342 e. The third kappa shape index (κ3) is 4.71. The molecule has 5 heteroatoms. The molecule has 0 aromatic heterocycles. The van der Waals surface area contributed by atoms with E-state index in [4.69, 9.17) is 0 Å². The van der Waals surface area contributed by atoms with E-state index < -0.39 is 0 Å². The fourth-order valence-electron chi connectivity index (χ4n) is 3.10. The molecule has 3 amide bonds. The van der Waals surface area contributed by atoms with Crippen molar-refractivity contribution >= 4 is 11.9 Å². The van der Waals surface area contributed by atoms with Gasteiger partial charge in [0.25, 0.3) is 0 Å². The van der Waals surface area contributed by atoms with Crippen LogP contribution in [0.15, 0.2) is 30.3 Å². The average Bonchev–Trinajstić information content (AvgIpc) is 2.57. The second-order valence-corrected chi connectivity index (χ2v) is 5.97.